The van der Waals surface area contributed by atoms with Crippen LogP contribution in [0.5, 0.6) is 0 Å². The molecule has 0 fully saturated rings. The van der Waals surface area contributed by atoms with Crippen molar-refractivity contribution in [2.24, 2.45) is 0 Å². The van der Waals surface area contributed by atoms with Crippen molar-refractivity contribution >= 4 is 0 Å². The van der Waals surface area contributed by atoms with Crippen LogP contribution in [-0.2, 0) is 12.6 Å². The van der Waals surface area contributed by atoms with Gasteiger partial charge >= 0.3 is 6.18 Å². The van der Waals surface area contributed by atoms with Gasteiger partial charge in [0, 0.05) is 18.0 Å². The van der Waals surface area contributed by atoms with Crippen molar-refractivity contribution in [3.63, 3.8) is 0 Å². The number of hydrogen-bond donors (Lipinski definition) is 0. The van der Waals surface area contributed by atoms with Crippen LogP contribution in [0, 0.1) is 6.07 Å². The first kappa shape index (κ1) is 9.03. The van der Waals surface area contributed by atoms with Gasteiger partial charge in [0.1, 0.15) is 0 Å². The summed E-state index contributed by atoms with van der Waals surface area (Å²) in [5.41, 5.74) is -0.417. The highest BCUT2D eigenvalue weighted by Crippen LogP contribution is 2.28. The minimum Gasteiger partial charge on any atom is -0.261 e. The summed E-state index contributed by atoms with van der Waals surface area (Å²) in [5, 5.41) is 0. The molecule has 4 heteroatoms. The Kier molecular flexibility index (Phi) is 2.35. The van der Waals surface area contributed by atoms with Crippen molar-refractivity contribution in [3.8, 4) is 0 Å². The third-order valence-electron chi connectivity index (χ3n) is 1.39. The summed E-state index contributed by atoms with van der Waals surface area (Å²) in [6.07, 6.45) is -2.70. The van der Waals surface area contributed by atoms with E-state index in [0.29, 0.717) is 12.1 Å². The van der Waals surface area contributed by atoms with Crippen LogP contribution in [0.4, 0.5) is 13.2 Å². The van der Waals surface area contributed by atoms with Gasteiger partial charge in [0.2, 0.25) is 0 Å². The van der Waals surface area contributed by atoms with E-state index in [9.17, 15) is 13.2 Å². The van der Waals surface area contributed by atoms with Crippen LogP contribution in [0.15, 0.2) is 12.3 Å². The zero-order valence-electron chi connectivity index (χ0n) is 6.44. The largest absolute Gasteiger partial charge is 0.417 e. The Labute approximate surface area is 68.2 Å². The van der Waals surface area contributed by atoms with Gasteiger partial charge in [-0.2, -0.15) is 13.2 Å². The maximum atomic E-state index is 12.0. The molecule has 1 rings (SSSR count). The normalized spacial score (nSPS) is 11.7. The molecule has 1 nitrogen and oxygen atoms in total. The van der Waals surface area contributed by atoms with E-state index in [1.807, 2.05) is 0 Å². The van der Waals surface area contributed by atoms with Crippen molar-refractivity contribution in [3.05, 3.63) is 29.6 Å². The van der Waals surface area contributed by atoms with Crippen molar-refractivity contribution in [2.75, 3.05) is 0 Å². The molecule has 12 heavy (non-hydrogen) atoms. The van der Waals surface area contributed by atoms with Crippen LogP contribution in [0.3, 0.4) is 0 Å². The molecule has 0 saturated carbocycles. The van der Waals surface area contributed by atoms with Gasteiger partial charge in [-0.05, 0) is 12.5 Å². The maximum absolute atomic E-state index is 12.0. The monoisotopic (exact) mass is 174 g/mol. The molecule has 0 aliphatic rings. The lowest BCUT2D eigenvalue weighted by atomic mass is 10.2. The van der Waals surface area contributed by atoms with Gasteiger partial charge in [-0.3, -0.25) is 4.98 Å². The molecule has 1 aromatic heterocycles. The molecular weight excluding hydrogens is 167 g/mol. The summed E-state index contributed by atoms with van der Waals surface area (Å²) in [6, 6.07) is 3.11. The molecule has 0 saturated heterocycles. The summed E-state index contributed by atoms with van der Waals surface area (Å²) in [7, 11) is 0. The van der Waals surface area contributed by atoms with Crippen LogP contribution in [-0.4, -0.2) is 4.98 Å². The lowest BCUT2D eigenvalue weighted by Crippen LogP contribution is -2.06. The first-order valence-electron chi connectivity index (χ1n) is 3.48. The number of nitrogens with zero attached hydrogens (tertiary/aromatic N) is 1. The quantitative estimate of drug-likeness (QED) is 0.637. The highest BCUT2D eigenvalue weighted by Gasteiger charge is 2.30. The number of alkyl halides is 3. The number of aryl methyl sites for hydroxylation is 1. The van der Waals surface area contributed by atoms with E-state index in [-0.39, 0.29) is 0 Å². The number of rotatable bonds is 1. The van der Waals surface area contributed by atoms with E-state index in [1.165, 1.54) is 0 Å². The fourth-order valence-electron chi connectivity index (χ4n) is 0.776. The van der Waals surface area contributed by atoms with Crippen LogP contribution in [0.2, 0.25) is 0 Å². The summed E-state index contributed by atoms with van der Waals surface area (Å²) in [5.74, 6) is 0. The van der Waals surface area contributed by atoms with Gasteiger partial charge < -0.3 is 0 Å². The van der Waals surface area contributed by atoms with Gasteiger partial charge in [0.25, 0.3) is 0 Å². The molecule has 0 aromatic carbocycles. The van der Waals surface area contributed by atoms with Crippen molar-refractivity contribution in [2.45, 2.75) is 19.5 Å². The highest BCUT2D eigenvalue weighted by molar-refractivity contribution is 5.17. The molecule has 0 unspecified atom stereocenters. The van der Waals surface area contributed by atoms with Gasteiger partial charge in [-0.15, -0.1) is 0 Å². The Morgan fingerprint density at radius 3 is 2.67 bits per heavy atom. The molecule has 1 radical (unpaired) electrons. The molecular formula is C8H7F3N. The minimum atomic E-state index is -4.31. The fraction of sp³-hybridized carbons (Fsp3) is 0.375. The molecule has 0 amide bonds. The van der Waals surface area contributed by atoms with Crippen molar-refractivity contribution in [1.82, 2.24) is 4.98 Å². The SMILES string of the molecule is CCc1[c]c(C(F)(F)F)ccn1. The van der Waals surface area contributed by atoms with E-state index < -0.39 is 11.7 Å². The minimum absolute atomic E-state index is 0.338. The standard InChI is InChI=1S/C8H7F3N/c1-2-7-5-6(3-4-12-7)8(9,10)11/h3-4H,2H2,1H3. The van der Waals surface area contributed by atoms with Crippen LogP contribution in [0.25, 0.3) is 0 Å². The molecule has 1 aromatic rings. The number of aromatic nitrogens is 1. The Bertz CT molecular complexity index is 267. The number of pyridine rings is 1. The van der Waals surface area contributed by atoms with Gasteiger partial charge in [0.15, 0.2) is 0 Å². The summed E-state index contributed by atoms with van der Waals surface area (Å²) >= 11 is 0. The lowest BCUT2D eigenvalue weighted by Gasteiger charge is -2.05. The lowest BCUT2D eigenvalue weighted by molar-refractivity contribution is -0.137. The van der Waals surface area contributed by atoms with E-state index in [0.717, 1.165) is 12.3 Å². The highest BCUT2D eigenvalue weighted by atomic mass is 19.4. The summed E-state index contributed by atoms with van der Waals surface area (Å²) < 4.78 is 36.1. The first-order valence-corrected chi connectivity index (χ1v) is 3.48. The second-order valence-electron chi connectivity index (χ2n) is 2.28. The first-order chi connectivity index (χ1) is 5.54. The van der Waals surface area contributed by atoms with E-state index in [4.69, 9.17) is 0 Å². The van der Waals surface area contributed by atoms with Gasteiger partial charge in [-0.1, -0.05) is 6.92 Å². The zero-order valence-corrected chi connectivity index (χ0v) is 6.44. The summed E-state index contributed by atoms with van der Waals surface area (Å²) in [6.45, 7) is 1.74. The number of halogens is 3. The van der Waals surface area contributed by atoms with Crippen molar-refractivity contribution < 1.29 is 13.2 Å². The molecule has 0 aliphatic heterocycles. The van der Waals surface area contributed by atoms with E-state index in [1.54, 1.807) is 6.92 Å². The van der Waals surface area contributed by atoms with Crippen molar-refractivity contribution in [1.29, 1.82) is 0 Å². The predicted molar refractivity (Wildman–Crippen MR) is 37.5 cm³/mol. The second kappa shape index (κ2) is 3.13. The van der Waals surface area contributed by atoms with Crippen LogP contribution < -0.4 is 0 Å². The summed E-state index contributed by atoms with van der Waals surface area (Å²) in [4.78, 5) is 3.72. The Balaban J connectivity index is 3.02. The Hall–Kier alpha value is -1.06. The molecule has 0 bridgehead atoms. The smallest absolute Gasteiger partial charge is 0.261 e. The second-order valence-corrected chi connectivity index (χ2v) is 2.28. The average Bonchev–Trinajstić information content (AvgIpc) is 2.03. The third-order valence-corrected chi connectivity index (χ3v) is 1.39. The molecule has 1 heterocycles. The number of hydrogen-bond acceptors (Lipinski definition) is 1. The molecule has 65 valence electrons. The Morgan fingerprint density at radius 1 is 1.50 bits per heavy atom. The average molecular weight is 174 g/mol. The fourth-order valence-corrected chi connectivity index (χ4v) is 0.776. The molecule has 0 N–H and O–H groups in total. The Morgan fingerprint density at radius 2 is 2.17 bits per heavy atom. The predicted octanol–water partition coefficient (Wildman–Crippen LogP) is 2.46. The van der Waals surface area contributed by atoms with Gasteiger partial charge in [0.05, 0.1) is 5.56 Å². The maximum Gasteiger partial charge on any atom is 0.417 e. The molecule has 0 atom stereocenters. The van der Waals surface area contributed by atoms with E-state index in [2.05, 4.69) is 11.1 Å². The van der Waals surface area contributed by atoms with E-state index >= 15 is 0 Å². The molecule has 0 aliphatic carbocycles. The molecule has 0 spiro atoms. The van der Waals surface area contributed by atoms with Gasteiger partial charge in [-0.25, -0.2) is 0 Å². The van der Waals surface area contributed by atoms with Crippen LogP contribution in [0.1, 0.15) is 18.2 Å². The topological polar surface area (TPSA) is 12.9 Å². The van der Waals surface area contributed by atoms with Crippen LogP contribution >= 0.6 is 0 Å². The zero-order chi connectivity index (χ0) is 9.19. The third kappa shape index (κ3) is 1.96.